The fourth-order valence-corrected chi connectivity index (χ4v) is 12.4. The predicted octanol–water partition coefficient (Wildman–Crippen LogP) is 29.6. The molecule has 0 N–H and O–H groups in total. The summed E-state index contributed by atoms with van der Waals surface area (Å²) in [6.07, 6.45) is 38.0. The Morgan fingerprint density at radius 2 is 0.696 bits per heavy atom. The van der Waals surface area contributed by atoms with E-state index in [1.807, 2.05) is 241 Å². The number of hydrogen-bond donors (Lipinski definition) is 0. The van der Waals surface area contributed by atoms with Gasteiger partial charge in [-0.3, -0.25) is 34.6 Å². The minimum atomic E-state index is 0. The average Bonchev–Trinajstić information content (AvgIpc) is 0.979. The van der Waals surface area contributed by atoms with Gasteiger partial charge < -0.3 is 13.7 Å². The van der Waals surface area contributed by atoms with E-state index in [2.05, 4.69) is 197 Å². The van der Waals surface area contributed by atoms with Crippen molar-refractivity contribution in [1.29, 1.82) is 0 Å². The molecule has 0 aliphatic heterocycles. The highest BCUT2D eigenvalue weighted by Crippen LogP contribution is 2.32. The molecule has 624 valence electrons. The van der Waals surface area contributed by atoms with Crippen molar-refractivity contribution in [3.63, 3.8) is 0 Å². The van der Waals surface area contributed by atoms with Crippen molar-refractivity contribution in [3.8, 4) is 0 Å². The number of nitrogens with zero attached hydrogens (tertiary/aromatic N) is 13. The number of rotatable bonds is 0. The first-order valence-electron chi connectivity index (χ1n) is 38.1. The Morgan fingerprint density at radius 3 is 1.21 bits per heavy atom. The predicted molar refractivity (Wildman–Crippen MR) is 510 cm³/mol. The number of hydrogen-bond acceptors (Lipinski definition) is 9. The molecule has 112 heavy (non-hydrogen) atoms. The maximum Gasteiger partial charge on any atom is 0.116 e. The molecule has 0 fully saturated rings. The Kier molecular flexibility index (Phi) is 67.3. The van der Waals surface area contributed by atoms with Crippen LogP contribution < -0.4 is 0 Å². The second kappa shape index (κ2) is 63.8. The molecule has 11 heterocycles. The monoisotopic (exact) mass is 1530 g/mol. The van der Waals surface area contributed by atoms with Crippen molar-refractivity contribution in [3.05, 3.63) is 255 Å². The molecule has 1 aromatic carbocycles. The number of aromatic nitrogens is 13. The van der Waals surface area contributed by atoms with E-state index < -0.39 is 0 Å². The molecule has 13 nitrogen and oxygen atoms in total. The molecule has 0 atom stereocenters. The summed E-state index contributed by atoms with van der Waals surface area (Å²) in [5.74, 6) is 0. The summed E-state index contributed by atoms with van der Waals surface area (Å²) < 4.78 is 8.09. The van der Waals surface area contributed by atoms with Crippen molar-refractivity contribution < 1.29 is 0 Å². The second-order valence-corrected chi connectivity index (χ2v) is 23.2. The molecular formula is C99H163N13. The summed E-state index contributed by atoms with van der Waals surface area (Å²) in [5.41, 5.74) is 33.4. The Labute approximate surface area is 688 Å². The van der Waals surface area contributed by atoms with Crippen LogP contribution in [0, 0.1) is 55.4 Å². The summed E-state index contributed by atoms with van der Waals surface area (Å²) in [6.45, 7) is 57.3. The third-order valence-corrected chi connectivity index (χ3v) is 16.7. The van der Waals surface area contributed by atoms with Crippen LogP contribution >= 0.6 is 0 Å². The quantitative estimate of drug-likeness (QED) is 0.145. The smallest absolute Gasteiger partial charge is 0.116 e. The number of allylic oxidation sites excluding steroid dienone is 8. The highest BCUT2D eigenvalue weighted by Gasteiger charge is 2.16. The van der Waals surface area contributed by atoms with Gasteiger partial charge in [0, 0.05) is 130 Å². The van der Waals surface area contributed by atoms with Gasteiger partial charge in [0.05, 0.1) is 56.4 Å². The van der Waals surface area contributed by atoms with Crippen LogP contribution in [0.25, 0.3) is 66.2 Å². The lowest BCUT2D eigenvalue weighted by Gasteiger charge is -2.04. The summed E-state index contributed by atoms with van der Waals surface area (Å²) in [6, 6.07) is 20.8. The zero-order valence-corrected chi connectivity index (χ0v) is 70.2. The summed E-state index contributed by atoms with van der Waals surface area (Å²) in [7, 11) is 8.02. The van der Waals surface area contributed by atoms with Gasteiger partial charge in [-0.15, -0.1) is 0 Å². The van der Waals surface area contributed by atoms with E-state index in [4.69, 9.17) is 0 Å². The molecule has 16 rings (SSSR count). The van der Waals surface area contributed by atoms with Gasteiger partial charge in [0.25, 0.3) is 0 Å². The zero-order chi connectivity index (χ0) is 78.8. The molecule has 0 unspecified atom stereocenters. The number of fused-ring (bicyclic) bond motifs is 8. The normalized spacial score (nSPS) is 10.4. The van der Waals surface area contributed by atoms with E-state index in [0.717, 1.165) is 70.2 Å². The van der Waals surface area contributed by atoms with Crippen LogP contribution in [-0.2, 0) is 53.9 Å². The van der Waals surface area contributed by atoms with Gasteiger partial charge in [-0.25, -0.2) is 9.97 Å². The van der Waals surface area contributed by atoms with Crippen LogP contribution in [0.2, 0.25) is 0 Å². The standard InChI is InChI=1S/C11H12.3C10H11N.2C9H10N2.2C8H9N3.8C2H6.8CH4/c1-8-4-3-5-10-7-6-9(2)11(8)10;1-7-3-4-9-6-11-5-8(2)10(7)9;1-7-3-4-9-5-6-11-8(2)10(7)9;1-7-3-4-9-10(7)8(2)5-6-11-9;1-7-3-5-10-8-4-6-11(2)9(7)8;1-7-5-10-6-8-3-4-11(2)9(7)8;1-6-8-7(10-5-9-6)3-4-11(8)2;1-6-8-7(3-4-9-6)5-10-11(8)2;8*1-2;;;;;;;;/h3-6H,7H2,1-2H3;3*3,5-6H,4H2,1-2H3;2*3-6H,1-2H3;2*3-5H,1-2H3;8*1-2H3;8*1H4. The van der Waals surface area contributed by atoms with Crippen molar-refractivity contribution >= 4 is 66.2 Å². The van der Waals surface area contributed by atoms with Crippen LogP contribution in [-0.4, -0.2) is 63.4 Å². The first-order valence-corrected chi connectivity index (χ1v) is 38.1. The number of benzene rings is 1. The lowest BCUT2D eigenvalue weighted by molar-refractivity contribution is 0.792. The highest BCUT2D eigenvalue weighted by atomic mass is 15.3. The van der Waals surface area contributed by atoms with Crippen LogP contribution in [0.5, 0.6) is 0 Å². The van der Waals surface area contributed by atoms with Crippen LogP contribution in [0.3, 0.4) is 0 Å². The molecule has 0 bridgehead atoms. The van der Waals surface area contributed by atoms with Gasteiger partial charge in [0.1, 0.15) is 6.33 Å². The SMILES string of the molecule is C.C.C.C.C.C.C.C.CC.CC.CC.CC.CC.CC.CC.CC.CC1=CCc2cccc(C)c21.CC1=CCc2ccnc(C)c21.CC1=CCc2cncc(C)c21.CC1=CCc2nccc(C)c21.Cc1ccnc2ccn(C)c12.Cc1cncc2ccn(C)c12.Cc1nccc2cnn(C)c12.Cc1ncnc2ccn(C)c12. The fourth-order valence-electron chi connectivity index (χ4n) is 12.4. The molecule has 0 amide bonds. The minimum absolute atomic E-state index is 0. The van der Waals surface area contributed by atoms with E-state index in [0.29, 0.717) is 0 Å². The van der Waals surface area contributed by atoms with Crippen molar-refractivity contribution in [2.75, 3.05) is 0 Å². The van der Waals surface area contributed by atoms with Gasteiger partial charge in [-0.05, 0) is 223 Å². The van der Waals surface area contributed by atoms with Crippen molar-refractivity contribution in [2.45, 2.75) is 279 Å². The summed E-state index contributed by atoms with van der Waals surface area (Å²) in [5, 5.41) is 6.50. The molecule has 0 spiro atoms. The zero-order valence-electron chi connectivity index (χ0n) is 70.2. The first-order chi connectivity index (χ1) is 50.3. The fraction of sp³-hybridized carbons (Fsp3) is 0.444. The maximum absolute atomic E-state index is 4.32. The third-order valence-electron chi connectivity index (χ3n) is 16.7. The first kappa shape index (κ1) is 118. The van der Waals surface area contributed by atoms with Gasteiger partial charge >= 0.3 is 0 Å². The molecular weight excluding hydrogens is 1370 g/mol. The van der Waals surface area contributed by atoms with Gasteiger partial charge in [0.2, 0.25) is 0 Å². The number of pyridine rings is 6. The molecule has 0 saturated carbocycles. The second-order valence-electron chi connectivity index (χ2n) is 23.2. The molecule has 11 aromatic heterocycles. The molecule has 0 radical (unpaired) electrons. The third kappa shape index (κ3) is 32.5. The van der Waals surface area contributed by atoms with Gasteiger partial charge in [-0.1, -0.05) is 213 Å². The molecule has 13 heteroatoms. The van der Waals surface area contributed by atoms with E-state index in [1.54, 1.807) is 12.5 Å². The Morgan fingerprint density at radius 1 is 0.286 bits per heavy atom. The van der Waals surface area contributed by atoms with E-state index in [9.17, 15) is 0 Å². The highest BCUT2D eigenvalue weighted by molar-refractivity contribution is 5.83. The van der Waals surface area contributed by atoms with Crippen molar-refractivity contribution in [1.82, 2.24) is 63.4 Å². The van der Waals surface area contributed by atoms with Gasteiger partial charge in [0.15, 0.2) is 0 Å². The topological polar surface area (TPSA) is 136 Å². The largest absolute Gasteiger partial charge is 0.350 e. The summed E-state index contributed by atoms with van der Waals surface area (Å²) in [4.78, 5) is 33.5. The molecule has 12 aromatic rings. The maximum atomic E-state index is 4.32. The average molecular weight is 1540 g/mol. The number of aryl methyl sites for hydroxylation is 12. The van der Waals surface area contributed by atoms with Crippen LogP contribution in [0.1, 0.15) is 287 Å². The van der Waals surface area contributed by atoms with E-state index in [-0.39, 0.29) is 59.4 Å². The Bertz CT molecular complexity index is 4010. The Balaban J connectivity index is -0.000000177. The summed E-state index contributed by atoms with van der Waals surface area (Å²) >= 11 is 0. The van der Waals surface area contributed by atoms with Gasteiger partial charge in [-0.2, -0.15) is 5.10 Å². The molecule has 0 saturated heterocycles. The van der Waals surface area contributed by atoms with Crippen LogP contribution in [0.15, 0.2) is 166 Å². The van der Waals surface area contributed by atoms with Crippen LogP contribution in [0.4, 0.5) is 0 Å². The lowest BCUT2D eigenvalue weighted by Crippen LogP contribution is -1.92. The minimum Gasteiger partial charge on any atom is -0.350 e. The molecule has 4 aliphatic rings. The van der Waals surface area contributed by atoms with E-state index in [1.165, 1.54) is 111 Å². The van der Waals surface area contributed by atoms with Crippen molar-refractivity contribution in [2.24, 2.45) is 28.2 Å². The van der Waals surface area contributed by atoms with E-state index >= 15 is 0 Å². The Hall–Kier alpha value is -9.75. The lowest BCUT2D eigenvalue weighted by atomic mass is 10.0. The molecule has 4 aliphatic carbocycles.